The normalized spacial score (nSPS) is 10.5. The molecule has 4 rings (SSSR count). The van der Waals surface area contributed by atoms with E-state index in [4.69, 9.17) is 24.2 Å². The third-order valence-corrected chi connectivity index (χ3v) is 5.88. The second-order valence-corrected chi connectivity index (χ2v) is 9.25. The Kier molecular flexibility index (Phi) is 5.59. The van der Waals surface area contributed by atoms with Gasteiger partial charge in [-0.15, -0.1) is 0 Å². The molecular weight excluding hydrogens is 526 g/mol. The Bertz CT molecular complexity index is 985. The Morgan fingerprint density at radius 2 is 1.67 bits per heavy atom. The van der Waals surface area contributed by atoms with Crippen LogP contribution in [0.5, 0.6) is 0 Å². The molecule has 0 unspecified atom stereocenters. The van der Waals surface area contributed by atoms with Crippen molar-refractivity contribution in [3.05, 3.63) is 65.3 Å². The van der Waals surface area contributed by atoms with Crippen LogP contribution in [0.4, 0.5) is 0 Å². The molecule has 114 valence electrons. The van der Waals surface area contributed by atoms with E-state index in [0.717, 1.165) is 53.0 Å². The summed E-state index contributed by atoms with van der Waals surface area (Å²) in [5.74, 6) is 0. The number of hydrogen-bond acceptors (Lipinski definition) is 4. The monoisotopic (exact) mass is 539 g/mol. The van der Waals surface area contributed by atoms with E-state index in [2.05, 4.69) is 40.1 Å². The van der Waals surface area contributed by atoms with E-state index in [0.29, 0.717) is 10.8 Å². The maximum absolute atomic E-state index is 5.63. The van der Waals surface area contributed by atoms with Gasteiger partial charge in [0, 0.05) is 22.1 Å². The van der Waals surface area contributed by atoms with Gasteiger partial charge in [0.2, 0.25) is 0 Å². The molecule has 0 atom stereocenters. The number of nitrogens with zero attached hydrogens (tertiary/aromatic N) is 3. The van der Waals surface area contributed by atoms with Crippen LogP contribution in [0.15, 0.2) is 59.9 Å². The van der Waals surface area contributed by atoms with Crippen molar-refractivity contribution in [2.24, 2.45) is 0 Å². The SMILES string of the molecule is Cc1c2ccccc2nc2nc([S-])ncc12.Clc1cc[c]([Hg+])cc1. The Hall–Kier alpha value is -1.36. The first kappa shape index (κ1) is 17.5. The summed E-state index contributed by atoms with van der Waals surface area (Å²) in [6.07, 6.45) is 1.75. The number of hydrogen-bond donors (Lipinski definition) is 0. The molecule has 24 heavy (non-hydrogen) atoms. The van der Waals surface area contributed by atoms with Crippen LogP contribution in [0.25, 0.3) is 21.9 Å². The van der Waals surface area contributed by atoms with Crippen molar-refractivity contribution in [1.29, 1.82) is 0 Å². The van der Waals surface area contributed by atoms with Crippen LogP contribution in [0.3, 0.4) is 0 Å². The van der Waals surface area contributed by atoms with Gasteiger partial charge in [-0.3, -0.25) is 4.98 Å². The second kappa shape index (κ2) is 7.68. The van der Waals surface area contributed by atoms with E-state index >= 15 is 0 Å². The molecule has 2 aromatic carbocycles. The summed E-state index contributed by atoms with van der Waals surface area (Å²) >= 11 is 11.3. The molecule has 4 aromatic rings. The van der Waals surface area contributed by atoms with Crippen molar-refractivity contribution in [2.45, 2.75) is 12.1 Å². The minimum atomic E-state index is 0.342. The maximum atomic E-state index is 5.63. The van der Waals surface area contributed by atoms with E-state index in [-0.39, 0.29) is 0 Å². The average molecular weight is 538 g/mol. The molecule has 0 saturated heterocycles. The molecule has 0 spiro atoms. The van der Waals surface area contributed by atoms with Crippen molar-refractivity contribution >= 4 is 49.2 Å². The molecule has 0 aliphatic heterocycles. The molecular formula is C18H12ClHgN3S. The number of aromatic nitrogens is 3. The summed E-state index contributed by atoms with van der Waals surface area (Å²) in [5.41, 5.74) is 2.77. The van der Waals surface area contributed by atoms with Crippen LogP contribution >= 0.6 is 11.6 Å². The van der Waals surface area contributed by atoms with Crippen LogP contribution < -0.4 is 3.07 Å². The summed E-state index contributed by atoms with van der Waals surface area (Å²) in [6, 6.07) is 16.0. The average Bonchev–Trinajstić information content (AvgIpc) is 2.58. The fourth-order valence-corrected chi connectivity index (χ4v) is 3.52. The fourth-order valence-electron chi connectivity index (χ4n) is 2.34. The van der Waals surface area contributed by atoms with Gasteiger partial charge in [0.05, 0.1) is 5.52 Å². The zero-order valence-electron chi connectivity index (χ0n) is 13.0. The van der Waals surface area contributed by atoms with Gasteiger partial charge in [-0.1, -0.05) is 18.2 Å². The van der Waals surface area contributed by atoms with E-state index in [1.54, 1.807) is 6.20 Å². The summed E-state index contributed by atoms with van der Waals surface area (Å²) in [6.45, 7) is 2.05. The van der Waals surface area contributed by atoms with Crippen LogP contribution in [0.2, 0.25) is 5.02 Å². The molecule has 0 N–H and O–H groups in total. The summed E-state index contributed by atoms with van der Waals surface area (Å²) in [5, 5.41) is 3.27. The predicted molar refractivity (Wildman–Crippen MR) is 96.3 cm³/mol. The van der Waals surface area contributed by atoms with Crippen LogP contribution in [-0.2, 0) is 38.8 Å². The quantitative estimate of drug-likeness (QED) is 0.147. The summed E-state index contributed by atoms with van der Waals surface area (Å²) in [4.78, 5) is 12.7. The zero-order chi connectivity index (χ0) is 17.1. The number of fused-ring (bicyclic) bond motifs is 2. The molecule has 0 aliphatic carbocycles. The first-order valence-corrected chi connectivity index (χ1v) is 10.8. The molecule has 2 heterocycles. The van der Waals surface area contributed by atoms with E-state index in [1.807, 2.05) is 30.3 Å². The van der Waals surface area contributed by atoms with E-state index in [9.17, 15) is 0 Å². The Morgan fingerprint density at radius 1 is 0.958 bits per heavy atom. The van der Waals surface area contributed by atoms with Crippen molar-refractivity contribution < 1.29 is 26.1 Å². The van der Waals surface area contributed by atoms with Crippen molar-refractivity contribution in [2.75, 3.05) is 0 Å². The first-order chi connectivity index (χ1) is 11.5. The predicted octanol–water partition coefficient (Wildman–Crippen LogP) is 3.90. The number of rotatable bonds is 0. The molecule has 6 heteroatoms. The summed E-state index contributed by atoms with van der Waals surface area (Å²) < 4.78 is 1.44. The first-order valence-electron chi connectivity index (χ1n) is 7.31. The fraction of sp³-hybridized carbons (Fsp3) is 0.0556. The summed E-state index contributed by atoms with van der Waals surface area (Å²) in [7, 11) is 0. The Morgan fingerprint density at radius 3 is 2.38 bits per heavy atom. The standard InChI is InChI=1S/C12H9N3S.C6H4Cl.Hg/c1-7-8-4-2-3-5-10(8)14-11-9(7)6-13-12(16)15-11;7-6-4-2-1-3-5-6;/h2-6H,1H3,(H,13,14,15,16);2-5H;/q;;+1/p-1. The number of para-hydroxylation sites is 1. The van der Waals surface area contributed by atoms with Gasteiger partial charge in [0.1, 0.15) is 0 Å². The number of pyridine rings is 1. The van der Waals surface area contributed by atoms with Gasteiger partial charge < -0.3 is 12.6 Å². The third-order valence-electron chi connectivity index (χ3n) is 3.60. The molecule has 0 amide bonds. The van der Waals surface area contributed by atoms with Gasteiger partial charge >= 0.3 is 70.1 Å². The Balaban J connectivity index is 0.000000179. The van der Waals surface area contributed by atoms with Crippen LogP contribution in [0.1, 0.15) is 5.56 Å². The van der Waals surface area contributed by atoms with Crippen LogP contribution in [0, 0.1) is 6.92 Å². The number of halogens is 1. The van der Waals surface area contributed by atoms with Crippen molar-refractivity contribution in [3.8, 4) is 0 Å². The van der Waals surface area contributed by atoms with Crippen molar-refractivity contribution in [3.63, 3.8) is 0 Å². The van der Waals surface area contributed by atoms with Gasteiger partial charge in [-0.25, -0.2) is 9.97 Å². The van der Waals surface area contributed by atoms with E-state index < -0.39 is 0 Å². The third kappa shape index (κ3) is 3.99. The molecule has 2 aromatic heterocycles. The van der Waals surface area contributed by atoms with Gasteiger partial charge in [-0.05, 0) is 18.6 Å². The molecule has 3 nitrogen and oxygen atoms in total. The Labute approximate surface area is 166 Å². The topological polar surface area (TPSA) is 38.7 Å². The molecule has 0 fully saturated rings. The molecule has 0 radical (unpaired) electrons. The van der Waals surface area contributed by atoms with Crippen LogP contribution in [-0.4, -0.2) is 15.0 Å². The van der Waals surface area contributed by atoms with E-state index in [1.165, 1.54) is 3.07 Å². The molecule has 0 bridgehead atoms. The van der Waals surface area contributed by atoms with Gasteiger partial charge in [0.25, 0.3) is 0 Å². The molecule has 0 aliphatic rings. The molecule has 0 saturated carbocycles. The van der Waals surface area contributed by atoms with Gasteiger partial charge in [0.15, 0.2) is 5.65 Å². The number of aryl methyl sites for hydroxylation is 1. The zero-order valence-corrected chi connectivity index (χ0v) is 20.1. The minimum absolute atomic E-state index is 0.342. The van der Waals surface area contributed by atoms with Crippen molar-refractivity contribution in [1.82, 2.24) is 15.0 Å². The van der Waals surface area contributed by atoms with Gasteiger partial charge in [-0.2, -0.15) is 0 Å². The number of benzene rings is 2. The second-order valence-electron chi connectivity index (χ2n) is 5.27.